The van der Waals surface area contributed by atoms with Gasteiger partial charge in [0.15, 0.2) is 0 Å². The molecule has 1 aromatic rings. The van der Waals surface area contributed by atoms with Crippen molar-refractivity contribution in [3.63, 3.8) is 0 Å². The molecule has 4 rings (SSSR count). The van der Waals surface area contributed by atoms with Gasteiger partial charge in [0.25, 0.3) is 0 Å². The fourth-order valence-electron chi connectivity index (χ4n) is 5.90. The van der Waals surface area contributed by atoms with E-state index in [2.05, 4.69) is 22.1 Å². The van der Waals surface area contributed by atoms with Crippen LogP contribution >= 0.6 is 24.8 Å². The fourth-order valence-corrected chi connectivity index (χ4v) is 5.90. The van der Waals surface area contributed by atoms with Gasteiger partial charge in [-0.15, -0.1) is 24.8 Å². The number of hydrogen-bond donors (Lipinski definition) is 3. The molecule has 9 nitrogen and oxygen atoms in total. The quantitative estimate of drug-likeness (QED) is 0.447. The molecule has 0 aromatic carbocycles. The normalized spacial score (nSPS) is 23.1. The number of hydrogen-bond acceptors (Lipinski definition) is 6. The number of aliphatic hydroxyl groups is 1. The molecule has 3 fully saturated rings. The molecule has 1 aliphatic carbocycles. The zero-order valence-electron chi connectivity index (χ0n) is 21.5. The van der Waals surface area contributed by atoms with Crippen LogP contribution in [-0.2, 0) is 16.1 Å². The molecule has 3 aliphatic rings. The van der Waals surface area contributed by atoms with Gasteiger partial charge in [-0.1, -0.05) is 32.6 Å². The molecule has 1 atom stereocenters. The Hall–Kier alpha value is -1.94. The number of unbranched alkanes of at least 4 members (excludes halogenated alkanes) is 1. The van der Waals surface area contributed by atoms with Gasteiger partial charge in [-0.3, -0.25) is 19.5 Å². The minimum atomic E-state index is -1.00. The smallest absolute Gasteiger partial charge is 0.337 e. The van der Waals surface area contributed by atoms with Crippen LogP contribution in [0, 0.1) is 0 Å². The Kier molecular flexibility index (Phi) is 11.2. The number of carboxylic acids is 1. The highest BCUT2D eigenvalue weighted by Crippen LogP contribution is 2.37. The number of nitrogens with one attached hydrogen (secondary N) is 1. The van der Waals surface area contributed by atoms with Crippen molar-refractivity contribution in [2.75, 3.05) is 19.6 Å². The van der Waals surface area contributed by atoms with Gasteiger partial charge in [0.1, 0.15) is 11.6 Å². The van der Waals surface area contributed by atoms with Crippen molar-refractivity contribution >= 4 is 42.6 Å². The molecule has 208 valence electrons. The lowest BCUT2D eigenvalue weighted by Gasteiger charge is -2.52. The van der Waals surface area contributed by atoms with E-state index in [0.29, 0.717) is 58.3 Å². The van der Waals surface area contributed by atoms with E-state index in [1.165, 1.54) is 6.20 Å². The van der Waals surface area contributed by atoms with E-state index in [0.717, 1.165) is 37.8 Å². The third-order valence-corrected chi connectivity index (χ3v) is 8.05. The second-order valence-electron chi connectivity index (χ2n) is 10.5. The molecule has 3 heterocycles. The van der Waals surface area contributed by atoms with E-state index in [1.807, 2.05) is 4.90 Å². The predicted molar refractivity (Wildman–Crippen MR) is 144 cm³/mol. The number of carbonyl (C=O) groups excluding carboxylic acids is 2. The van der Waals surface area contributed by atoms with E-state index in [-0.39, 0.29) is 42.2 Å². The van der Waals surface area contributed by atoms with Crippen molar-refractivity contribution < 1.29 is 24.6 Å². The third kappa shape index (κ3) is 6.93. The van der Waals surface area contributed by atoms with Crippen LogP contribution in [0.25, 0.3) is 0 Å². The van der Waals surface area contributed by atoms with E-state index in [4.69, 9.17) is 5.11 Å². The maximum Gasteiger partial charge on any atom is 0.337 e. The molecule has 0 radical (unpaired) electrons. The van der Waals surface area contributed by atoms with Crippen molar-refractivity contribution in [1.29, 1.82) is 0 Å². The van der Waals surface area contributed by atoms with Crippen molar-refractivity contribution in [3.05, 3.63) is 29.6 Å². The summed E-state index contributed by atoms with van der Waals surface area (Å²) in [5.41, 5.74) is -0.796. The number of piperidine rings is 1. The maximum atomic E-state index is 13.7. The number of aromatic nitrogens is 1. The first-order chi connectivity index (χ1) is 16.8. The Morgan fingerprint density at radius 1 is 1.11 bits per heavy atom. The molecular weight excluding hydrogens is 519 g/mol. The highest BCUT2D eigenvalue weighted by molar-refractivity contribution is 6.00. The summed E-state index contributed by atoms with van der Waals surface area (Å²) in [6, 6.07) is 2.61. The summed E-state index contributed by atoms with van der Waals surface area (Å²) in [6.45, 7) is 4.47. The molecular formula is C26H40Cl2N4O5. The largest absolute Gasteiger partial charge is 0.478 e. The minimum Gasteiger partial charge on any atom is -0.478 e. The van der Waals surface area contributed by atoms with E-state index in [1.54, 1.807) is 12.1 Å². The van der Waals surface area contributed by atoms with Gasteiger partial charge in [0.05, 0.1) is 16.9 Å². The van der Waals surface area contributed by atoms with E-state index < -0.39 is 23.2 Å². The van der Waals surface area contributed by atoms with Crippen LogP contribution in [0.3, 0.4) is 0 Å². The van der Waals surface area contributed by atoms with Gasteiger partial charge in [-0.05, 0) is 44.2 Å². The van der Waals surface area contributed by atoms with Crippen LogP contribution in [0.5, 0.6) is 0 Å². The van der Waals surface area contributed by atoms with Gasteiger partial charge >= 0.3 is 5.97 Å². The van der Waals surface area contributed by atoms with Crippen LogP contribution in [0.15, 0.2) is 18.3 Å². The lowest BCUT2D eigenvalue weighted by molar-refractivity contribution is -0.163. The van der Waals surface area contributed by atoms with Crippen molar-refractivity contribution in [3.8, 4) is 0 Å². The summed E-state index contributed by atoms with van der Waals surface area (Å²) in [4.78, 5) is 46.5. The Bertz CT molecular complexity index is 931. The molecule has 2 amide bonds. The zero-order valence-corrected chi connectivity index (χ0v) is 23.1. The molecule has 0 bridgehead atoms. The predicted octanol–water partition coefficient (Wildman–Crippen LogP) is 3.17. The monoisotopic (exact) mass is 558 g/mol. The number of carboxylic acid groups (broad SMARTS) is 1. The molecule has 2 saturated heterocycles. The van der Waals surface area contributed by atoms with E-state index >= 15 is 0 Å². The van der Waals surface area contributed by atoms with Gasteiger partial charge in [0.2, 0.25) is 11.8 Å². The Labute approximate surface area is 231 Å². The number of piperazine rings is 1. The number of carbonyl (C=O) groups is 3. The van der Waals surface area contributed by atoms with Crippen LogP contribution in [0.2, 0.25) is 0 Å². The molecule has 0 unspecified atom stereocenters. The van der Waals surface area contributed by atoms with Gasteiger partial charge < -0.3 is 20.4 Å². The van der Waals surface area contributed by atoms with Crippen LogP contribution in [0.4, 0.5) is 0 Å². The summed E-state index contributed by atoms with van der Waals surface area (Å²) < 4.78 is 0. The second kappa shape index (κ2) is 13.2. The first-order valence-electron chi connectivity index (χ1n) is 13.0. The topological polar surface area (TPSA) is 123 Å². The molecule has 1 saturated carbocycles. The number of amides is 2. The number of halogens is 2. The Morgan fingerprint density at radius 2 is 1.78 bits per heavy atom. The first-order valence-corrected chi connectivity index (χ1v) is 13.0. The SMILES string of the molecule is CCCCN1C(=O)[C@@H](CC2(O)CCCCC2)NC(=O)C12CCN(Cc1ccc(C(=O)O)cn1)CC2.Cl.Cl. The first kappa shape index (κ1) is 31.3. The number of pyridine rings is 1. The Morgan fingerprint density at radius 3 is 2.35 bits per heavy atom. The minimum absolute atomic E-state index is 0. The second-order valence-corrected chi connectivity index (χ2v) is 10.5. The van der Waals surface area contributed by atoms with E-state index in [9.17, 15) is 19.5 Å². The number of likely N-dealkylation sites (tertiary alicyclic amines) is 1. The highest BCUT2D eigenvalue weighted by atomic mass is 35.5. The molecule has 11 heteroatoms. The number of rotatable bonds is 8. The molecule has 1 spiro atoms. The molecule has 1 aromatic heterocycles. The average molecular weight is 560 g/mol. The number of aromatic carboxylic acids is 1. The maximum absolute atomic E-state index is 13.7. The standard InChI is InChI=1S/C26H38N4O5.2ClH/c1-2-3-13-30-22(31)21(16-25(35)9-5-4-6-10-25)28-24(34)26(30)11-14-29(15-12-26)18-20-8-7-19(17-27-20)23(32)33;;/h7-8,17,21,35H,2-6,9-16,18H2,1H3,(H,28,34)(H,32,33);2*1H/t21-;;/m1../s1. The average Bonchev–Trinajstić information content (AvgIpc) is 2.84. The lowest BCUT2D eigenvalue weighted by Crippen LogP contribution is -2.73. The van der Waals surface area contributed by atoms with Crippen LogP contribution in [-0.4, -0.2) is 79.6 Å². The lowest BCUT2D eigenvalue weighted by atomic mass is 9.77. The summed E-state index contributed by atoms with van der Waals surface area (Å²) in [6.07, 6.45) is 8.89. The number of nitrogens with zero attached hydrogens (tertiary/aromatic N) is 3. The zero-order chi connectivity index (χ0) is 25.1. The van der Waals surface area contributed by atoms with Crippen LogP contribution in [0.1, 0.15) is 87.2 Å². The third-order valence-electron chi connectivity index (χ3n) is 8.05. The highest BCUT2D eigenvalue weighted by Gasteiger charge is 2.54. The van der Waals surface area contributed by atoms with Gasteiger partial charge in [-0.2, -0.15) is 0 Å². The Balaban J connectivity index is 0.00000241. The summed E-state index contributed by atoms with van der Waals surface area (Å²) >= 11 is 0. The van der Waals surface area contributed by atoms with Crippen molar-refractivity contribution in [2.24, 2.45) is 0 Å². The molecule has 37 heavy (non-hydrogen) atoms. The van der Waals surface area contributed by atoms with Crippen molar-refractivity contribution in [1.82, 2.24) is 20.1 Å². The fraction of sp³-hybridized carbons (Fsp3) is 0.692. The molecule has 3 N–H and O–H groups in total. The summed E-state index contributed by atoms with van der Waals surface area (Å²) in [5.74, 6) is -1.16. The van der Waals surface area contributed by atoms with Gasteiger partial charge in [-0.25, -0.2) is 4.79 Å². The van der Waals surface area contributed by atoms with Crippen molar-refractivity contribution in [2.45, 2.75) is 94.9 Å². The summed E-state index contributed by atoms with van der Waals surface area (Å²) in [5, 5.41) is 23.1. The summed E-state index contributed by atoms with van der Waals surface area (Å²) in [7, 11) is 0. The molecule has 2 aliphatic heterocycles. The van der Waals surface area contributed by atoms with Gasteiger partial charge in [0, 0.05) is 38.8 Å². The van der Waals surface area contributed by atoms with Crippen LogP contribution < -0.4 is 5.32 Å².